The van der Waals surface area contributed by atoms with Gasteiger partial charge >= 0.3 is 0 Å². The SMILES string of the molecule is CCn1c(=O)c(/C(C)=N/Nc2cc(=O)n(C)c3ccccc23)c(O)c2ccccc21. The Morgan fingerprint density at radius 2 is 1.67 bits per heavy atom. The number of nitrogens with zero attached hydrogens (tertiary/aromatic N) is 3. The Balaban J connectivity index is 1.86. The van der Waals surface area contributed by atoms with Crippen LogP contribution >= 0.6 is 0 Å². The fourth-order valence-electron chi connectivity index (χ4n) is 3.73. The molecule has 0 bridgehead atoms. The quantitative estimate of drug-likeness (QED) is 0.404. The zero-order valence-corrected chi connectivity index (χ0v) is 17.0. The van der Waals surface area contributed by atoms with Crippen molar-refractivity contribution in [2.75, 3.05) is 5.43 Å². The predicted octanol–water partition coefficient (Wildman–Crippen LogP) is 3.42. The number of anilines is 1. The third-order valence-corrected chi connectivity index (χ3v) is 5.32. The summed E-state index contributed by atoms with van der Waals surface area (Å²) in [4.78, 5) is 25.3. The molecule has 0 atom stereocenters. The zero-order chi connectivity index (χ0) is 21.4. The molecule has 0 aliphatic heterocycles. The highest BCUT2D eigenvalue weighted by molar-refractivity contribution is 6.05. The summed E-state index contributed by atoms with van der Waals surface area (Å²) < 4.78 is 3.17. The summed E-state index contributed by atoms with van der Waals surface area (Å²) in [6.07, 6.45) is 0. The number of nitrogens with one attached hydrogen (secondary N) is 1. The number of hydrogen-bond acceptors (Lipinski definition) is 5. The summed E-state index contributed by atoms with van der Waals surface area (Å²) in [5.41, 5.74) is 4.85. The molecule has 0 unspecified atom stereocenters. The maximum absolute atomic E-state index is 13.0. The number of hydrazone groups is 1. The van der Waals surface area contributed by atoms with E-state index in [4.69, 9.17) is 0 Å². The number of rotatable bonds is 4. The topological polar surface area (TPSA) is 88.6 Å². The molecule has 0 aliphatic carbocycles. The fourth-order valence-corrected chi connectivity index (χ4v) is 3.73. The molecule has 30 heavy (non-hydrogen) atoms. The van der Waals surface area contributed by atoms with Crippen molar-refractivity contribution < 1.29 is 5.11 Å². The Bertz CT molecular complexity index is 1430. The van der Waals surface area contributed by atoms with Crippen LogP contribution in [-0.4, -0.2) is 20.0 Å². The largest absolute Gasteiger partial charge is 0.506 e. The second-order valence-corrected chi connectivity index (χ2v) is 7.07. The minimum absolute atomic E-state index is 0.0998. The van der Waals surface area contributed by atoms with Crippen LogP contribution in [0.4, 0.5) is 5.69 Å². The van der Waals surface area contributed by atoms with Gasteiger partial charge in [0.25, 0.3) is 11.1 Å². The Morgan fingerprint density at radius 3 is 2.37 bits per heavy atom. The normalized spacial score (nSPS) is 11.9. The lowest BCUT2D eigenvalue weighted by Gasteiger charge is -2.14. The average molecular weight is 402 g/mol. The molecule has 0 spiro atoms. The van der Waals surface area contributed by atoms with Gasteiger partial charge in [0, 0.05) is 30.4 Å². The molecule has 0 aliphatic rings. The molecule has 0 saturated carbocycles. The third-order valence-electron chi connectivity index (χ3n) is 5.32. The van der Waals surface area contributed by atoms with Crippen LogP contribution in [0.2, 0.25) is 0 Å². The summed E-state index contributed by atoms with van der Waals surface area (Å²) in [6.45, 7) is 4.00. The summed E-state index contributed by atoms with van der Waals surface area (Å²) in [7, 11) is 1.71. The van der Waals surface area contributed by atoms with Crippen molar-refractivity contribution in [2.24, 2.45) is 12.1 Å². The lowest BCUT2D eigenvalue weighted by molar-refractivity contribution is 0.477. The maximum atomic E-state index is 13.0. The number of pyridine rings is 2. The number of aromatic nitrogens is 2. The van der Waals surface area contributed by atoms with E-state index in [1.165, 1.54) is 6.07 Å². The van der Waals surface area contributed by atoms with Crippen molar-refractivity contribution in [3.8, 4) is 5.75 Å². The first-order chi connectivity index (χ1) is 14.4. The molecule has 0 saturated heterocycles. The molecule has 0 fully saturated rings. The number of aromatic hydroxyl groups is 1. The molecule has 2 aromatic carbocycles. The standard InChI is InChI=1S/C23H22N4O3/c1-4-27-19-12-8-6-10-16(19)22(29)21(23(27)30)14(2)24-25-17-13-20(28)26(3)18-11-7-5-9-15(17)18/h5-13,25,29H,4H2,1-3H3/b24-14+. The van der Waals surface area contributed by atoms with Crippen LogP contribution in [0.1, 0.15) is 19.4 Å². The summed E-state index contributed by atoms with van der Waals surface area (Å²) in [6, 6.07) is 16.2. The summed E-state index contributed by atoms with van der Waals surface area (Å²) >= 11 is 0. The molecule has 4 rings (SSSR count). The van der Waals surface area contributed by atoms with Gasteiger partial charge in [0.05, 0.1) is 22.4 Å². The van der Waals surface area contributed by atoms with Gasteiger partial charge in [-0.25, -0.2) is 0 Å². The number of benzene rings is 2. The first-order valence-corrected chi connectivity index (χ1v) is 9.68. The van der Waals surface area contributed by atoms with Gasteiger partial charge in [-0.15, -0.1) is 0 Å². The Morgan fingerprint density at radius 1 is 1.03 bits per heavy atom. The first-order valence-electron chi connectivity index (χ1n) is 9.68. The Kier molecular flexibility index (Phi) is 4.87. The van der Waals surface area contributed by atoms with E-state index in [0.717, 1.165) is 10.9 Å². The van der Waals surface area contributed by atoms with E-state index in [-0.39, 0.29) is 22.4 Å². The minimum atomic E-state index is -0.314. The van der Waals surface area contributed by atoms with Gasteiger partial charge in [0.2, 0.25) is 0 Å². The molecule has 2 heterocycles. The van der Waals surface area contributed by atoms with Crippen molar-refractivity contribution in [3.05, 3.63) is 80.9 Å². The molecule has 7 nitrogen and oxygen atoms in total. The average Bonchev–Trinajstić information content (AvgIpc) is 2.76. The van der Waals surface area contributed by atoms with Crippen LogP contribution in [0.25, 0.3) is 21.8 Å². The Labute approximate surface area is 172 Å². The van der Waals surface area contributed by atoms with Crippen LogP contribution in [0.15, 0.2) is 69.3 Å². The van der Waals surface area contributed by atoms with E-state index < -0.39 is 0 Å². The van der Waals surface area contributed by atoms with Gasteiger partial charge in [-0.1, -0.05) is 30.3 Å². The minimum Gasteiger partial charge on any atom is -0.506 e. The van der Waals surface area contributed by atoms with E-state index in [2.05, 4.69) is 10.5 Å². The molecule has 4 aromatic rings. The molecule has 0 amide bonds. The van der Waals surface area contributed by atoms with E-state index in [1.807, 2.05) is 43.3 Å². The van der Waals surface area contributed by atoms with E-state index in [0.29, 0.717) is 28.8 Å². The van der Waals surface area contributed by atoms with Crippen LogP contribution in [0.5, 0.6) is 5.75 Å². The highest BCUT2D eigenvalue weighted by Crippen LogP contribution is 2.27. The first kappa shape index (κ1) is 19.4. The zero-order valence-electron chi connectivity index (χ0n) is 17.0. The fraction of sp³-hybridized carbons (Fsp3) is 0.174. The van der Waals surface area contributed by atoms with Crippen molar-refractivity contribution in [2.45, 2.75) is 20.4 Å². The van der Waals surface area contributed by atoms with Crippen LogP contribution in [-0.2, 0) is 13.6 Å². The van der Waals surface area contributed by atoms with Crippen LogP contribution in [0.3, 0.4) is 0 Å². The van der Waals surface area contributed by atoms with Crippen molar-refractivity contribution in [1.82, 2.24) is 9.13 Å². The number of aryl methyl sites for hydroxylation is 2. The van der Waals surface area contributed by atoms with E-state index in [1.54, 1.807) is 35.2 Å². The molecular weight excluding hydrogens is 380 g/mol. The number of hydrogen-bond donors (Lipinski definition) is 2. The van der Waals surface area contributed by atoms with Gasteiger partial charge in [0.15, 0.2) is 0 Å². The van der Waals surface area contributed by atoms with Crippen molar-refractivity contribution in [1.29, 1.82) is 0 Å². The van der Waals surface area contributed by atoms with Gasteiger partial charge < -0.3 is 14.2 Å². The van der Waals surface area contributed by atoms with Gasteiger partial charge in [-0.2, -0.15) is 5.10 Å². The molecule has 2 aromatic heterocycles. The third kappa shape index (κ3) is 3.04. The van der Waals surface area contributed by atoms with Crippen LogP contribution < -0.4 is 16.5 Å². The van der Waals surface area contributed by atoms with Crippen molar-refractivity contribution >= 4 is 33.2 Å². The molecule has 7 heteroatoms. The van der Waals surface area contributed by atoms with Crippen LogP contribution in [0, 0.1) is 0 Å². The van der Waals surface area contributed by atoms with E-state index >= 15 is 0 Å². The van der Waals surface area contributed by atoms with E-state index in [9.17, 15) is 14.7 Å². The number of fused-ring (bicyclic) bond motifs is 2. The van der Waals surface area contributed by atoms with Gasteiger partial charge in [-0.05, 0) is 32.0 Å². The second kappa shape index (κ2) is 7.51. The molecule has 152 valence electrons. The summed E-state index contributed by atoms with van der Waals surface area (Å²) in [5.74, 6) is -0.0998. The number of para-hydroxylation sites is 2. The Hall–Kier alpha value is -3.87. The monoisotopic (exact) mass is 402 g/mol. The van der Waals surface area contributed by atoms with Crippen molar-refractivity contribution in [3.63, 3.8) is 0 Å². The summed E-state index contributed by atoms with van der Waals surface area (Å²) in [5, 5.41) is 16.5. The molecule has 0 radical (unpaired) electrons. The predicted molar refractivity (Wildman–Crippen MR) is 121 cm³/mol. The lowest BCUT2D eigenvalue weighted by Crippen LogP contribution is -2.26. The highest BCUT2D eigenvalue weighted by atomic mass is 16.3. The maximum Gasteiger partial charge on any atom is 0.263 e. The van der Waals surface area contributed by atoms with Gasteiger partial charge in [-0.3, -0.25) is 15.0 Å². The molecular formula is C23H22N4O3. The second-order valence-electron chi connectivity index (χ2n) is 7.07. The highest BCUT2D eigenvalue weighted by Gasteiger charge is 2.18. The van der Waals surface area contributed by atoms with Gasteiger partial charge in [0.1, 0.15) is 11.3 Å². The molecule has 2 N–H and O–H groups in total. The lowest BCUT2D eigenvalue weighted by atomic mass is 10.1. The smallest absolute Gasteiger partial charge is 0.263 e.